The van der Waals surface area contributed by atoms with E-state index in [0.717, 1.165) is 27.8 Å². The molecule has 3 rings (SSSR count). The van der Waals surface area contributed by atoms with Crippen molar-refractivity contribution < 1.29 is 0 Å². The summed E-state index contributed by atoms with van der Waals surface area (Å²) in [6.07, 6.45) is 1.80. The van der Waals surface area contributed by atoms with Crippen molar-refractivity contribution in [1.82, 2.24) is 4.57 Å². The Morgan fingerprint density at radius 3 is 2.39 bits per heavy atom. The smallest absolute Gasteiger partial charge is 0.197 e. The van der Waals surface area contributed by atoms with Crippen molar-refractivity contribution >= 4 is 10.9 Å². The molecule has 0 unspecified atom stereocenters. The van der Waals surface area contributed by atoms with Crippen LogP contribution in [0, 0.1) is 32.1 Å². The minimum atomic E-state index is 0.0237. The maximum atomic E-state index is 13.0. The Morgan fingerprint density at radius 1 is 1.04 bits per heavy atom. The molecule has 1 aromatic heterocycles. The summed E-state index contributed by atoms with van der Waals surface area (Å²) in [5.41, 5.74) is 5.56. The van der Waals surface area contributed by atoms with Gasteiger partial charge in [0, 0.05) is 17.1 Å². The van der Waals surface area contributed by atoms with E-state index in [1.54, 1.807) is 6.20 Å². The number of fused-ring (bicyclic) bond motifs is 1. The standard InChI is InChI=1S/C20H18N2O/c1-13-4-6-16(7-5-13)17-12-22(9-8-21)18-11-14(2)10-15(3)19(18)20(17)23/h4-7,10-12H,9H2,1-3H3. The monoisotopic (exact) mass is 302 g/mol. The molecule has 3 heteroatoms. The highest BCUT2D eigenvalue weighted by atomic mass is 16.1. The maximum absolute atomic E-state index is 13.0. The molecule has 2 aromatic carbocycles. The van der Waals surface area contributed by atoms with Gasteiger partial charge in [0.25, 0.3) is 0 Å². The number of nitrogens with zero attached hydrogens (tertiary/aromatic N) is 2. The SMILES string of the molecule is Cc1ccc(-c2cn(CC#N)c3cc(C)cc(C)c3c2=O)cc1. The first-order chi connectivity index (χ1) is 11.0. The van der Waals surface area contributed by atoms with E-state index < -0.39 is 0 Å². The molecule has 0 aliphatic heterocycles. The van der Waals surface area contributed by atoms with E-state index in [9.17, 15) is 4.79 Å². The number of aromatic nitrogens is 1. The van der Waals surface area contributed by atoms with Crippen molar-refractivity contribution in [3.05, 3.63) is 69.5 Å². The Kier molecular flexibility index (Phi) is 3.75. The highest BCUT2D eigenvalue weighted by Gasteiger charge is 2.13. The lowest BCUT2D eigenvalue weighted by molar-refractivity contribution is 0.862. The highest BCUT2D eigenvalue weighted by molar-refractivity contribution is 5.87. The van der Waals surface area contributed by atoms with Crippen molar-refractivity contribution in [2.24, 2.45) is 0 Å². The second-order valence-corrected chi connectivity index (χ2v) is 6.00. The summed E-state index contributed by atoms with van der Waals surface area (Å²) in [5.74, 6) is 0. The van der Waals surface area contributed by atoms with Gasteiger partial charge in [-0.3, -0.25) is 4.79 Å². The Morgan fingerprint density at radius 2 is 1.74 bits per heavy atom. The molecular formula is C20H18N2O. The van der Waals surface area contributed by atoms with Crippen LogP contribution in [0.2, 0.25) is 0 Å². The van der Waals surface area contributed by atoms with Gasteiger partial charge in [0.2, 0.25) is 0 Å². The second kappa shape index (κ2) is 5.73. The number of hydrogen-bond donors (Lipinski definition) is 0. The molecular weight excluding hydrogens is 284 g/mol. The van der Waals surface area contributed by atoms with Gasteiger partial charge in [0.15, 0.2) is 5.43 Å². The number of hydrogen-bond acceptors (Lipinski definition) is 2. The number of benzene rings is 2. The summed E-state index contributed by atoms with van der Waals surface area (Å²) in [6, 6.07) is 14.1. The molecule has 3 aromatic rings. The van der Waals surface area contributed by atoms with Gasteiger partial charge in [-0.2, -0.15) is 5.26 Å². The number of nitriles is 1. The van der Waals surface area contributed by atoms with Gasteiger partial charge in [-0.05, 0) is 43.5 Å². The molecule has 0 amide bonds. The fourth-order valence-corrected chi connectivity index (χ4v) is 3.03. The second-order valence-electron chi connectivity index (χ2n) is 6.00. The van der Waals surface area contributed by atoms with Crippen LogP contribution in [0.15, 0.2) is 47.4 Å². The summed E-state index contributed by atoms with van der Waals surface area (Å²) in [4.78, 5) is 13.0. The van der Waals surface area contributed by atoms with Gasteiger partial charge in [0.1, 0.15) is 6.54 Å². The molecule has 0 bridgehead atoms. The van der Waals surface area contributed by atoms with Crippen LogP contribution in [-0.2, 0) is 6.54 Å². The summed E-state index contributed by atoms with van der Waals surface area (Å²) >= 11 is 0. The normalized spacial score (nSPS) is 10.7. The van der Waals surface area contributed by atoms with Crippen LogP contribution < -0.4 is 5.43 Å². The molecule has 0 saturated heterocycles. The Bertz CT molecular complexity index is 989. The summed E-state index contributed by atoms with van der Waals surface area (Å²) < 4.78 is 1.87. The van der Waals surface area contributed by atoms with Gasteiger partial charge < -0.3 is 4.57 Å². The van der Waals surface area contributed by atoms with E-state index >= 15 is 0 Å². The van der Waals surface area contributed by atoms with E-state index in [-0.39, 0.29) is 12.0 Å². The lowest BCUT2D eigenvalue weighted by Crippen LogP contribution is -2.13. The first-order valence-electron chi connectivity index (χ1n) is 7.59. The minimum Gasteiger partial charge on any atom is -0.333 e. The third-order valence-corrected chi connectivity index (χ3v) is 4.13. The van der Waals surface area contributed by atoms with Gasteiger partial charge in [0.05, 0.1) is 11.6 Å². The van der Waals surface area contributed by atoms with Gasteiger partial charge in [-0.25, -0.2) is 0 Å². The minimum absolute atomic E-state index is 0.0237. The zero-order valence-electron chi connectivity index (χ0n) is 13.6. The topological polar surface area (TPSA) is 45.8 Å². The van der Waals surface area contributed by atoms with Crippen molar-refractivity contribution in [1.29, 1.82) is 5.26 Å². The predicted molar refractivity (Wildman–Crippen MR) is 93.5 cm³/mol. The molecule has 0 radical (unpaired) electrons. The fourth-order valence-electron chi connectivity index (χ4n) is 3.03. The molecule has 0 atom stereocenters. The molecule has 0 spiro atoms. The van der Waals surface area contributed by atoms with E-state index in [4.69, 9.17) is 5.26 Å². The van der Waals surface area contributed by atoms with E-state index in [2.05, 4.69) is 6.07 Å². The molecule has 114 valence electrons. The maximum Gasteiger partial charge on any atom is 0.197 e. The van der Waals surface area contributed by atoms with Crippen LogP contribution in [0.25, 0.3) is 22.0 Å². The zero-order chi connectivity index (χ0) is 16.6. The van der Waals surface area contributed by atoms with Crippen molar-refractivity contribution in [3.63, 3.8) is 0 Å². The number of aryl methyl sites for hydroxylation is 3. The lowest BCUT2D eigenvalue weighted by Gasteiger charge is -2.13. The third kappa shape index (κ3) is 2.64. The van der Waals surface area contributed by atoms with Crippen molar-refractivity contribution in [3.8, 4) is 17.2 Å². The van der Waals surface area contributed by atoms with E-state index in [0.29, 0.717) is 10.9 Å². The summed E-state index contributed by atoms with van der Waals surface area (Å²) in [5, 5.41) is 9.83. The van der Waals surface area contributed by atoms with Crippen LogP contribution in [0.5, 0.6) is 0 Å². The molecule has 0 aliphatic carbocycles. The molecule has 3 nitrogen and oxygen atoms in total. The Hall–Kier alpha value is -2.86. The Balaban J connectivity index is 2.41. The van der Waals surface area contributed by atoms with Crippen molar-refractivity contribution in [2.75, 3.05) is 0 Å². The Labute approximate surface area is 135 Å². The van der Waals surface area contributed by atoms with E-state index in [1.807, 2.05) is 61.7 Å². The van der Waals surface area contributed by atoms with Crippen LogP contribution in [-0.4, -0.2) is 4.57 Å². The van der Waals surface area contributed by atoms with E-state index in [1.165, 1.54) is 0 Å². The molecule has 0 aliphatic rings. The quantitative estimate of drug-likeness (QED) is 0.715. The summed E-state index contributed by atoms with van der Waals surface area (Å²) in [6.45, 7) is 6.19. The zero-order valence-corrected chi connectivity index (χ0v) is 13.6. The average Bonchev–Trinajstić information content (AvgIpc) is 2.50. The van der Waals surface area contributed by atoms with Gasteiger partial charge in [-0.15, -0.1) is 0 Å². The van der Waals surface area contributed by atoms with Crippen LogP contribution in [0.1, 0.15) is 16.7 Å². The summed E-state index contributed by atoms with van der Waals surface area (Å²) in [7, 11) is 0. The van der Waals surface area contributed by atoms with Crippen molar-refractivity contribution in [2.45, 2.75) is 27.3 Å². The molecule has 23 heavy (non-hydrogen) atoms. The van der Waals surface area contributed by atoms with Gasteiger partial charge >= 0.3 is 0 Å². The van der Waals surface area contributed by atoms with Crippen LogP contribution >= 0.6 is 0 Å². The first kappa shape index (κ1) is 15.1. The molecule has 0 N–H and O–H groups in total. The lowest BCUT2D eigenvalue weighted by atomic mass is 9.99. The van der Waals surface area contributed by atoms with Crippen LogP contribution in [0.3, 0.4) is 0 Å². The highest BCUT2D eigenvalue weighted by Crippen LogP contribution is 2.23. The molecule has 0 fully saturated rings. The predicted octanol–water partition coefficient (Wildman–Crippen LogP) is 4.12. The first-order valence-corrected chi connectivity index (χ1v) is 7.59. The molecule has 0 saturated carbocycles. The fraction of sp³-hybridized carbons (Fsp3) is 0.200. The average molecular weight is 302 g/mol. The number of rotatable bonds is 2. The number of pyridine rings is 1. The largest absolute Gasteiger partial charge is 0.333 e. The molecule has 1 heterocycles. The van der Waals surface area contributed by atoms with Gasteiger partial charge in [-0.1, -0.05) is 35.9 Å². The van der Waals surface area contributed by atoms with Crippen LogP contribution in [0.4, 0.5) is 0 Å². The third-order valence-electron chi connectivity index (χ3n) is 4.13.